The van der Waals surface area contributed by atoms with Gasteiger partial charge in [-0.25, -0.2) is 4.79 Å². The second kappa shape index (κ2) is 7.44. The molecule has 0 bridgehead atoms. The number of nitrogens with zero attached hydrogens (tertiary/aromatic N) is 2. The molecule has 5 nitrogen and oxygen atoms in total. The first-order valence-electron chi connectivity index (χ1n) is 6.69. The van der Waals surface area contributed by atoms with Crippen LogP contribution in [-0.2, 0) is 4.79 Å². The standard InChI is InChI=1S/C18H12N2O3/c19-10-14-2-1-3-15(9-14)16(11-20)8-13-4-6-17(7-5-13)23-12-18(21)22/h1-9H,12H2,(H,21,22)/b16-8-. The highest BCUT2D eigenvalue weighted by atomic mass is 16.5. The maximum absolute atomic E-state index is 10.4. The van der Waals surface area contributed by atoms with E-state index >= 15 is 0 Å². The normalized spacial score (nSPS) is 10.4. The van der Waals surface area contributed by atoms with Gasteiger partial charge in [0.1, 0.15) is 5.75 Å². The average Bonchev–Trinajstić information content (AvgIpc) is 2.58. The summed E-state index contributed by atoms with van der Waals surface area (Å²) in [5.74, 6) is -0.604. The molecule has 0 aliphatic heterocycles. The molecule has 2 aromatic carbocycles. The van der Waals surface area contributed by atoms with Crippen molar-refractivity contribution in [2.75, 3.05) is 6.61 Å². The Hall–Kier alpha value is -3.57. The highest BCUT2D eigenvalue weighted by molar-refractivity contribution is 5.89. The fraction of sp³-hybridized carbons (Fsp3) is 0.0556. The topological polar surface area (TPSA) is 94.1 Å². The minimum atomic E-state index is -1.04. The van der Waals surface area contributed by atoms with E-state index in [1.165, 1.54) is 0 Å². The maximum Gasteiger partial charge on any atom is 0.341 e. The molecule has 0 aromatic heterocycles. The van der Waals surface area contributed by atoms with Crippen LogP contribution >= 0.6 is 0 Å². The van der Waals surface area contributed by atoms with E-state index in [0.29, 0.717) is 22.4 Å². The minimum Gasteiger partial charge on any atom is -0.482 e. The summed E-state index contributed by atoms with van der Waals surface area (Å²) in [5, 5.41) is 26.8. The number of allylic oxidation sites excluding steroid dienone is 1. The summed E-state index contributed by atoms with van der Waals surface area (Å²) in [6.07, 6.45) is 1.69. The molecule has 0 saturated heterocycles. The molecule has 23 heavy (non-hydrogen) atoms. The van der Waals surface area contributed by atoms with E-state index in [2.05, 4.69) is 6.07 Å². The third kappa shape index (κ3) is 4.45. The maximum atomic E-state index is 10.4. The van der Waals surface area contributed by atoms with Crippen molar-refractivity contribution in [2.45, 2.75) is 0 Å². The van der Waals surface area contributed by atoms with Crippen LogP contribution < -0.4 is 4.74 Å². The Morgan fingerprint density at radius 3 is 2.52 bits per heavy atom. The molecule has 0 atom stereocenters. The van der Waals surface area contributed by atoms with Crippen molar-refractivity contribution in [1.29, 1.82) is 10.5 Å². The highest BCUT2D eigenvalue weighted by Gasteiger charge is 2.03. The van der Waals surface area contributed by atoms with Gasteiger partial charge in [-0.3, -0.25) is 0 Å². The van der Waals surface area contributed by atoms with Crippen molar-refractivity contribution in [2.24, 2.45) is 0 Å². The van der Waals surface area contributed by atoms with Gasteiger partial charge < -0.3 is 9.84 Å². The molecule has 1 N–H and O–H groups in total. The SMILES string of the molecule is N#C/C(=C/c1ccc(OCC(=O)O)cc1)c1cccc(C#N)c1. The monoisotopic (exact) mass is 304 g/mol. The molecule has 5 heteroatoms. The Morgan fingerprint density at radius 2 is 1.91 bits per heavy atom. The zero-order valence-electron chi connectivity index (χ0n) is 12.1. The van der Waals surface area contributed by atoms with E-state index in [1.54, 1.807) is 54.6 Å². The number of benzene rings is 2. The van der Waals surface area contributed by atoms with Crippen LogP contribution in [0.15, 0.2) is 48.5 Å². The van der Waals surface area contributed by atoms with Crippen LogP contribution in [0.3, 0.4) is 0 Å². The van der Waals surface area contributed by atoms with Crippen molar-refractivity contribution in [3.05, 3.63) is 65.2 Å². The van der Waals surface area contributed by atoms with Crippen LogP contribution in [0.4, 0.5) is 0 Å². The Morgan fingerprint density at radius 1 is 1.17 bits per heavy atom. The van der Waals surface area contributed by atoms with Gasteiger partial charge in [-0.15, -0.1) is 0 Å². The molecule has 0 heterocycles. The second-order valence-electron chi connectivity index (χ2n) is 4.61. The smallest absolute Gasteiger partial charge is 0.341 e. The minimum absolute atomic E-state index is 0.403. The van der Waals surface area contributed by atoms with E-state index in [4.69, 9.17) is 15.1 Å². The Balaban J connectivity index is 2.23. The van der Waals surface area contributed by atoms with Gasteiger partial charge in [0.15, 0.2) is 6.61 Å². The van der Waals surface area contributed by atoms with Crippen LogP contribution in [0.2, 0.25) is 0 Å². The largest absolute Gasteiger partial charge is 0.482 e. The zero-order chi connectivity index (χ0) is 16.7. The van der Waals surface area contributed by atoms with Gasteiger partial charge in [0.2, 0.25) is 0 Å². The van der Waals surface area contributed by atoms with Gasteiger partial charge in [-0.2, -0.15) is 10.5 Å². The second-order valence-corrected chi connectivity index (χ2v) is 4.61. The number of hydrogen-bond acceptors (Lipinski definition) is 4. The molecule has 0 fully saturated rings. The molecule has 0 saturated carbocycles. The number of carboxylic acid groups (broad SMARTS) is 1. The Bertz CT molecular complexity index is 825. The van der Waals surface area contributed by atoms with Gasteiger partial charge >= 0.3 is 5.97 Å². The van der Waals surface area contributed by atoms with Crippen molar-refractivity contribution in [3.8, 4) is 17.9 Å². The predicted octanol–water partition coefficient (Wildman–Crippen LogP) is 3.09. The fourth-order valence-corrected chi connectivity index (χ4v) is 1.91. The molecule has 2 aromatic rings. The number of hydrogen-bond donors (Lipinski definition) is 1. The number of carbonyl (C=O) groups is 1. The van der Waals surface area contributed by atoms with E-state index in [9.17, 15) is 10.1 Å². The van der Waals surface area contributed by atoms with Crippen LogP contribution in [-0.4, -0.2) is 17.7 Å². The van der Waals surface area contributed by atoms with Gasteiger partial charge in [0.25, 0.3) is 0 Å². The quantitative estimate of drug-likeness (QED) is 0.676. The van der Waals surface area contributed by atoms with Crippen LogP contribution in [0.25, 0.3) is 11.6 Å². The first kappa shape index (κ1) is 15.8. The van der Waals surface area contributed by atoms with Gasteiger partial charge in [0, 0.05) is 0 Å². The summed E-state index contributed by atoms with van der Waals surface area (Å²) in [5.41, 5.74) is 2.35. The lowest BCUT2D eigenvalue weighted by molar-refractivity contribution is -0.139. The molecule has 0 amide bonds. The number of rotatable bonds is 5. The van der Waals surface area contributed by atoms with E-state index < -0.39 is 12.6 Å². The molecular weight excluding hydrogens is 292 g/mol. The lowest BCUT2D eigenvalue weighted by Crippen LogP contribution is -2.09. The van der Waals surface area contributed by atoms with E-state index in [-0.39, 0.29) is 0 Å². The molecule has 0 spiro atoms. The van der Waals surface area contributed by atoms with Crippen molar-refractivity contribution >= 4 is 17.6 Å². The van der Waals surface area contributed by atoms with E-state index in [0.717, 1.165) is 5.56 Å². The first-order valence-corrected chi connectivity index (χ1v) is 6.69. The van der Waals surface area contributed by atoms with E-state index in [1.807, 2.05) is 6.07 Å². The molecule has 112 valence electrons. The summed E-state index contributed by atoms with van der Waals surface area (Å²) in [4.78, 5) is 10.4. The van der Waals surface area contributed by atoms with Crippen molar-refractivity contribution in [3.63, 3.8) is 0 Å². The van der Waals surface area contributed by atoms with Crippen LogP contribution in [0.5, 0.6) is 5.75 Å². The van der Waals surface area contributed by atoms with Gasteiger partial charge in [0.05, 0.1) is 23.3 Å². The Labute approximate surface area is 133 Å². The number of carboxylic acids is 1. The van der Waals surface area contributed by atoms with Crippen molar-refractivity contribution in [1.82, 2.24) is 0 Å². The van der Waals surface area contributed by atoms with Crippen LogP contribution in [0.1, 0.15) is 16.7 Å². The number of ether oxygens (including phenoxy) is 1. The summed E-state index contributed by atoms with van der Waals surface area (Å²) in [7, 11) is 0. The average molecular weight is 304 g/mol. The lowest BCUT2D eigenvalue weighted by atomic mass is 10.0. The summed E-state index contributed by atoms with van der Waals surface area (Å²) in [6, 6.07) is 17.7. The van der Waals surface area contributed by atoms with Crippen LogP contribution in [0, 0.1) is 22.7 Å². The third-order valence-corrected chi connectivity index (χ3v) is 2.98. The first-order chi connectivity index (χ1) is 11.1. The predicted molar refractivity (Wildman–Crippen MR) is 84.2 cm³/mol. The number of aliphatic carboxylic acids is 1. The fourth-order valence-electron chi connectivity index (χ4n) is 1.91. The molecular formula is C18H12N2O3. The van der Waals surface area contributed by atoms with Gasteiger partial charge in [-0.05, 0) is 41.5 Å². The molecule has 2 rings (SSSR count). The lowest BCUT2D eigenvalue weighted by Gasteiger charge is -2.04. The molecule has 0 aliphatic rings. The third-order valence-electron chi connectivity index (χ3n) is 2.98. The summed E-state index contributed by atoms with van der Waals surface area (Å²) < 4.78 is 5.05. The zero-order valence-corrected chi connectivity index (χ0v) is 12.1. The molecule has 0 unspecified atom stereocenters. The highest BCUT2D eigenvalue weighted by Crippen LogP contribution is 2.20. The summed E-state index contributed by atoms with van der Waals surface area (Å²) >= 11 is 0. The molecule has 0 radical (unpaired) electrons. The summed E-state index contributed by atoms with van der Waals surface area (Å²) in [6.45, 7) is -0.403. The Kier molecular flexibility index (Phi) is 5.12. The van der Waals surface area contributed by atoms with Gasteiger partial charge in [-0.1, -0.05) is 24.3 Å². The molecule has 0 aliphatic carbocycles. The van der Waals surface area contributed by atoms with Crippen molar-refractivity contribution < 1.29 is 14.6 Å². The number of nitriles is 2.